The number of aromatic nitrogens is 1. The molecule has 78 valence electrons. The van der Waals surface area contributed by atoms with Gasteiger partial charge in [0.25, 0.3) is 11.7 Å². The molecule has 0 fully saturated rings. The van der Waals surface area contributed by atoms with E-state index in [-0.39, 0.29) is 5.56 Å². The molecule has 0 bridgehead atoms. The minimum absolute atomic E-state index is 0.328. The first-order valence-electron chi connectivity index (χ1n) is 3.65. The summed E-state index contributed by atoms with van der Waals surface area (Å²) in [5, 5.41) is 7.51. The highest BCUT2D eigenvalue weighted by Crippen LogP contribution is 2.30. The van der Waals surface area contributed by atoms with Crippen LogP contribution in [0.3, 0.4) is 0 Å². The van der Waals surface area contributed by atoms with Crippen LogP contribution >= 0.6 is 11.6 Å². The lowest BCUT2D eigenvalue weighted by Gasteiger charge is -2.08. The van der Waals surface area contributed by atoms with E-state index in [0.29, 0.717) is 0 Å². The maximum absolute atomic E-state index is 12.5. The van der Waals surface area contributed by atoms with Crippen LogP contribution in [0.1, 0.15) is 28.0 Å². The number of nitrogens with zero attached hydrogens (tertiary/aromatic N) is 2. The number of nitrogen functional groups attached to an aromatic ring is 1. The number of anilines is 1. The average Bonchev–Trinajstić information content (AvgIpc) is 2.15. The van der Waals surface area contributed by atoms with Crippen LogP contribution in [-0.2, 0) is 0 Å². The van der Waals surface area contributed by atoms with Gasteiger partial charge in [-0.05, 0) is 11.6 Å². The van der Waals surface area contributed by atoms with Crippen molar-refractivity contribution >= 4 is 22.5 Å². The molecule has 2 N–H and O–H groups in total. The fourth-order valence-electron chi connectivity index (χ4n) is 1.01. The second kappa shape index (κ2) is 4.19. The Morgan fingerprint density at radius 2 is 2.27 bits per heavy atom. The van der Waals surface area contributed by atoms with Crippen LogP contribution in [0, 0.1) is 11.3 Å². The van der Waals surface area contributed by atoms with Gasteiger partial charge in [0.2, 0.25) is 0 Å². The number of pyridine rings is 1. The van der Waals surface area contributed by atoms with Crippen molar-refractivity contribution in [3.05, 3.63) is 23.0 Å². The van der Waals surface area contributed by atoms with Gasteiger partial charge >= 0.3 is 0 Å². The van der Waals surface area contributed by atoms with Gasteiger partial charge in [0.15, 0.2) is 5.69 Å². The van der Waals surface area contributed by atoms with Crippen LogP contribution in [0.5, 0.6) is 0 Å². The maximum Gasteiger partial charge on any atom is 0.268 e. The van der Waals surface area contributed by atoms with Gasteiger partial charge in [-0.15, -0.1) is 0 Å². The second-order valence-electron chi connectivity index (χ2n) is 2.53. The molecule has 4 nitrogen and oxygen atoms in total. The molecular formula is C8H4ClF2N3O. The van der Waals surface area contributed by atoms with E-state index in [1.54, 1.807) is 0 Å². The largest absolute Gasteiger partial charge is 0.398 e. The number of hydrogen-bond acceptors (Lipinski definition) is 4. The molecule has 1 aromatic heterocycles. The Bertz CT molecular complexity index is 456. The molecular weight excluding hydrogens is 228 g/mol. The topological polar surface area (TPSA) is 79.8 Å². The zero-order chi connectivity index (χ0) is 11.6. The number of halogens is 3. The molecule has 1 heterocycles. The van der Waals surface area contributed by atoms with Crippen molar-refractivity contribution in [2.75, 3.05) is 5.73 Å². The molecule has 0 aromatic carbocycles. The quantitative estimate of drug-likeness (QED) is 0.788. The lowest BCUT2D eigenvalue weighted by molar-refractivity contribution is 0.108. The molecule has 0 saturated carbocycles. The Morgan fingerprint density at radius 3 is 2.67 bits per heavy atom. The standard InChI is InChI=1S/C8H4ClF2N3O/c9-7(15)3-2-14-4(1-12)5(6(3)13)8(10)11/h2,8H,(H2,13,14). The third-order valence-corrected chi connectivity index (χ3v) is 1.90. The number of nitriles is 1. The highest BCUT2D eigenvalue weighted by molar-refractivity contribution is 6.68. The summed E-state index contributed by atoms with van der Waals surface area (Å²) in [7, 11) is 0. The molecule has 1 aromatic rings. The summed E-state index contributed by atoms with van der Waals surface area (Å²) in [4.78, 5) is 14.1. The molecule has 0 amide bonds. The molecule has 0 saturated heterocycles. The van der Waals surface area contributed by atoms with Crippen LogP contribution in [0.15, 0.2) is 6.20 Å². The Kier molecular flexibility index (Phi) is 3.17. The first-order valence-corrected chi connectivity index (χ1v) is 4.03. The number of alkyl halides is 2. The minimum Gasteiger partial charge on any atom is -0.398 e. The normalized spacial score (nSPS) is 10.1. The number of hydrogen-bond donors (Lipinski definition) is 1. The van der Waals surface area contributed by atoms with Crippen molar-refractivity contribution in [2.24, 2.45) is 0 Å². The fraction of sp³-hybridized carbons (Fsp3) is 0.125. The SMILES string of the molecule is N#Cc1ncc(C(=O)Cl)c(N)c1C(F)F. The zero-order valence-corrected chi connectivity index (χ0v) is 7.92. The third kappa shape index (κ3) is 2.02. The number of carbonyl (C=O) groups is 1. The van der Waals surface area contributed by atoms with Crippen molar-refractivity contribution in [2.45, 2.75) is 6.43 Å². The number of rotatable bonds is 2. The summed E-state index contributed by atoms with van der Waals surface area (Å²) in [6, 6.07) is 1.46. The molecule has 15 heavy (non-hydrogen) atoms. The zero-order valence-electron chi connectivity index (χ0n) is 7.17. The predicted molar refractivity (Wildman–Crippen MR) is 48.5 cm³/mol. The van der Waals surface area contributed by atoms with Crippen molar-refractivity contribution in [3.8, 4) is 6.07 Å². The van der Waals surface area contributed by atoms with Gasteiger partial charge in [-0.1, -0.05) is 0 Å². The van der Waals surface area contributed by atoms with Gasteiger partial charge in [0, 0.05) is 6.20 Å². The molecule has 0 atom stereocenters. The number of carbonyl (C=O) groups excluding carboxylic acids is 1. The summed E-state index contributed by atoms with van der Waals surface area (Å²) < 4.78 is 25.0. The van der Waals surface area contributed by atoms with Crippen LogP contribution in [-0.4, -0.2) is 10.2 Å². The Labute approximate surface area is 88.3 Å². The van der Waals surface area contributed by atoms with E-state index < -0.39 is 28.6 Å². The van der Waals surface area contributed by atoms with Gasteiger partial charge in [-0.2, -0.15) is 5.26 Å². The fourth-order valence-corrected chi connectivity index (χ4v) is 1.16. The van der Waals surface area contributed by atoms with Crippen LogP contribution < -0.4 is 5.73 Å². The van der Waals surface area contributed by atoms with Gasteiger partial charge in [0.05, 0.1) is 16.8 Å². The molecule has 0 unspecified atom stereocenters. The highest BCUT2D eigenvalue weighted by atomic mass is 35.5. The highest BCUT2D eigenvalue weighted by Gasteiger charge is 2.22. The van der Waals surface area contributed by atoms with Crippen LogP contribution in [0.2, 0.25) is 0 Å². The first-order chi connectivity index (χ1) is 6.99. The van der Waals surface area contributed by atoms with Gasteiger partial charge in [0.1, 0.15) is 6.07 Å². The summed E-state index contributed by atoms with van der Waals surface area (Å²) >= 11 is 5.09. The molecule has 0 aliphatic heterocycles. The summed E-state index contributed by atoms with van der Waals surface area (Å²) in [5.41, 5.74) is 3.18. The molecule has 0 radical (unpaired) electrons. The lowest BCUT2D eigenvalue weighted by atomic mass is 10.1. The molecule has 0 aliphatic rings. The van der Waals surface area contributed by atoms with E-state index in [1.807, 2.05) is 0 Å². The van der Waals surface area contributed by atoms with E-state index in [2.05, 4.69) is 4.98 Å². The van der Waals surface area contributed by atoms with Crippen LogP contribution in [0.25, 0.3) is 0 Å². The van der Waals surface area contributed by atoms with Gasteiger partial charge in [-0.25, -0.2) is 13.8 Å². The monoisotopic (exact) mass is 231 g/mol. The third-order valence-electron chi connectivity index (χ3n) is 1.69. The van der Waals surface area contributed by atoms with E-state index in [9.17, 15) is 13.6 Å². The van der Waals surface area contributed by atoms with Gasteiger partial charge in [-0.3, -0.25) is 4.79 Å². The average molecular weight is 232 g/mol. The Balaban J connectivity index is 3.51. The lowest BCUT2D eigenvalue weighted by Crippen LogP contribution is -2.07. The van der Waals surface area contributed by atoms with E-state index >= 15 is 0 Å². The van der Waals surface area contributed by atoms with Gasteiger partial charge < -0.3 is 5.73 Å². The van der Waals surface area contributed by atoms with E-state index in [0.717, 1.165) is 6.20 Å². The molecule has 7 heteroatoms. The summed E-state index contributed by atoms with van der Waals surface area (Å²) in [6.45, 7) is 0. The Hall–Kier alpha value is -1.74. The first kappa shape index (κ1) is 11.3. The summed E-state index contributed by atoms with van der Waals surface area (Å²) in [6.07, 6.45) is -2.09. The molecule has 0 aliphatic carbocycles. The molecule has 1 rings (SSSR count). The predicted octanol–water partition coefficient (Wildman–Crippen LogP) is 1.85. The number of nitrogens with two attached hydrogens (primary N) is 1. The molecule has 0 spiro atoms. The maximum atomic E-state index is 12.5. The van der Waals surface area contributed by atoms with Crippen molar-refractivity contribution in [1.82, 2.24) is 4.98 Å². The second-order valence-corrected chi connectivity index (χ2v) is 2.88. The van der Waals surface area contributed by atoms with E-state index in [4.69, 9.17) is 22.6 Å². The van der Waals surface area contributed by atoms with Crippen molar-refractivity contribution < 1.29 is 13.6 Å². The van der Waals surface area contributed by atoms with Crippen molar-refractivity contribution in [1.29, 1.82) is 5.26 Å². The summed E-state index contributed by atoms with van der Waals surface area (Å²) in [5.74, 6) is 0. The van der Waals surface area contributed by atoms with E-state index in [1.165, 1.54) is 6.07 Å². The van der Waals surface area contributed by atoms with Crippen LogP contribution in [0.4, 0.5) is 14.5 Å². The Morgan fingerprint density at radius 1 is 1.67 bits per heavy atom. The smallest absolute Gasteiger partial charge is 0.268 e. The minimum atomic E-state index is -2.98. The van der Waals surface area contributed by atoms with Crippen molar-refractivity contribution in [3.63, 3.8) is 0 Å².